The molecule has 1 aromatic rings. The number of ketones is 1. The van der Waals surface area contributed by atoms with Crippen molar-refractivity contribution >= 4 is 29.3 Å². The average Bonchev–Trinajstić information content (AvgIpc) is 2.38. The Hall–Kier alpha value is -1.88. The van der Waals surface area contributed by atoms with E-state index in [2.05, 4.69) is 0 Å². The second-order valence-corrected chi connectivity index (χ2v) is 3.99. The lowest BCUT2D eigenvalue weighted by atomic mass is 9.97. The van der Waals surface area contributed by atoms with Crippen molar-refractivity contribution in [1.82, 2.24) is 0 Å². The molecule has 102 valence electrons. The van der Waals surface area contributed by atoms with Crippen molar-refractivity contribution in [2.24, 2.45) is 0 Å². The van der Waals surface area contributed by atoms with Crippen molar-refractivity contribution in [3.63, 3.8) is 0 Å². The van der Waals surface area contributed by atoms with E-state index in [1.165, 1.54) is 18.2 Å². The number of carboxylic acids is 1. The quantitative estimate of drug-likeness (QED) is 0.493. The first kappa shape index (κ1) is 15.2. The predicted octanol–water partition coefficient (Wildman–Crippen LogP) is 2.37. The third kappa shape index (κ3) is 3.54. The van der Waals surface area contributed by atoms with Gasteiger partial charge in [0.1, 0.15) is 0 Å². The molecule has 0 aliphatic carbocycles. The number of carbonyl (C=O) groups excluding carboxylic acids is 2. The molecule has 0 atom stereocenters. The van der Waals surface area contributed by atoms with Crippen LogP contribution < -0.4 is 0 Å². The highest BCUT2D eigenvalue weighted by Crippen LogP contribution is 2.18. The van der Waals surface area contributed by atoms with Gasteiger partial charge in [-0.15, -0.1) is 11.6 Å². The number of hydrogen-bond acceptors (Lipinski definition) is 4. The first-order valence-corrected chi connectivity index (χ1v) is 6.19. The zero-order valence-corrected chi connectivity index (χ0v) is 11.1. The third-order valence-corrected chi connectivity index (χ3v) is 2.59. The van der Waals surface area contributed by atoms with E-state index in [4.69, 9.17) is 21.4 Å². The van der Waals surface area contributed by atoms with Crippen LogP contribution in [0.2, 0.25) is 0 Å². The molecule has 6 heteroatoms. The van der Waals surface area contributed by atoms with Crippen molar-refractivity contribution in [3.05, 3.63) is 34.9 Å². The van der Waals surface area contributed by atoms with Gasteiger partial charge in [-0.25, -0.2) is 9.59 Å². The molecule has 5 nitrogen and oxygen atoms in total. The van der Waals surface area contributed by atoms with Gasteiger partial charge in [0.25, 0.3) is 0 Å². The fourth-order valence-corrected chi connectivity index (χ4v) is 1.78. The lowest BCUT2D eigenvalue weighted by Gasteiger charge is -2.10. The van der Waals surface area contributed by atoms with Gasteiger partial charge >= 0.3 is 11.9 Å². The largest absolute Gasteiger partial charge is 0.478 e. The molecule has 1 aromatic carbocycles. The van der Waals surface area contributed by atoms with Crippen LogP contribution in [-0.4, -0.2) is 35.3 Å². The lowest BCUT2D eigenvalue weighted by molar-refractivity contribution is 0.0511. The molecule has 0 bridgehead atoms. The summed E-state index contributed by atoms with van der Waals surface area (Å²) in [5, 5.41) is 9.07. The standard InChI is InChI=1S/C13H13ClO5/c1-2-19-13(18)11-8(10(15)6-7-14)4-3-5-9(11)12(16)17/h3-5H,2,6-7H2,1H3,(H,16,17). The van der Waals surface area contributed by atoms with Gasteiger partial charge in [0, 0.05) is 17.9 Å². The molecule has 0 heterocycles. The van der Waals surface area contributed by atoms with Crippen LogP contribution in [0.5, 0.6) is 0 Å². The predicted molar refractivity (Wildman–Crippen MR) is 69.0 cm³/mol. The minimum absolute atomic E-state index is 0.0248. The summed E-state index contributed by atoms with van der Waals surface area (Å²) in [4.78, 5) is 34.8. The maximum absolute atomic E-state index is 11.9. The molecule has 0 saturated carbocycles. The van der Waals surface area contributed by atoms with Gasteiger partial charge < -0.3 is 9.84 Å². The van der Waals surface area contributed by atoms with Crippen LogP contribution in [0.1, 0.15) is 44.4 Å². The van der Waals surface area contributed by atoms with Crippen LogP contribution in [0.4, 0.5) is 0 Å². The maximum atomic E-state index is 11.9. The summed E-state index contributed by atoms with van der Waals surface area (Å²) in [7, 11) is 0. The number of ether oxygens (including phenoxy) is 1. The average molecular weight is 285 g/mol. The van der Waals surface area contributed by atoms with Crippen LogP contribution in [0, 0.1) is 0 Å². The van der Waals surface area contributed by atoms with E-state index < -0.39 is 11.9 Å². The zero-order valence-electron chi connectivity index (χ0n) is 10.3. The van der Waals surface area contributed by atoms with E-state index in [9.17, 15) is 14.4 Å². The summed E-state index contributed by atoms with van der Waals surface area (Å²) in [6.45, 7) is 1.69. The van der Waals surface area contributed by atoms with Gasteiger partial charge in [-0.3, -0.25) is 4.79 Å². The van der Waals surface area contributed by atoms with Crippen LogP contribution in [0.15, 0.2) is 18.2 Å². The lowest BCUT2D eigenvalue weighted by Crippen LogP contribution is -2.17. The summed E-state index contributed by atoms with van der Waals surface area (Å²) in [5.41, 5.74) is -0.440. The maximum Gasteiger partial charge on any atom is 0.339 e. The number of benzene rings is 1. The van der Waals surface area contributed by atoms with Crippen LogP contribution in [0.3, 0.4) is 0 Å². The summed E-state index contributed by atoms with van der Waals surface area (Å²) >= 11 is 5.49. The molecule has 0 fully saturated rings. The van der Waals surface area contributed by atoms with E-state index in [-0.39, 0.29) is 41.4 Å². The number of rotatable bonds is 6. The summed E-state index contributed by atoms with van der Waals surface area (Å²) < 4.78 is 4.80. The van der Waals surface area contributed by atoms with Crippen LogP contribution in [0.25, 0.3) is 0 Å². The molecule has 0 spiro atoms. The van der Waals surface area contributed by atoms with E-state index in [0.717, 1.165) is 0 Å². The molecular formula is C13H13ClO5. The van der Waals surface area contributed by atoms with Crippen molar-refractivity contribution < 1.29 is 24.2 Å². The molecular weight excluding hydrogens is 272 g/mol. The second kappa shape index (κ2) is 6.89. The summed E-state index contributed by atoms with van der Waals surface area (Å²) in [6, 6.07) is 4.06. The van der Waals surface area contributed by atoms with E-state index in [1.807, 2.05) is 0 Å². The Morgan fingerprint density at radius 3 is 2.42 bits per heavy atom. The number of carbonyl (C=O) groups is 3. The van der Waals surface area contributed by atoms with Gasteiger partial charge in [0.05, 0.1) is 17.7 Å². The number of Topliss-reactive ketones (excluding diaryl/α,β-unsaturated/α-hetero) is 1. The third-order valence-electron chi connectivity index (χ3n) is 2.40. The Bertz CT molecular complexity index is 510. The highest BCUT2D eigenvalue weighted by Gasteiger charge is 2.24. The Morgan fingerprint density at radius 2 is 1.89 bits per heavy atom. The van der Waals surface area contributed by atoms with Crippen LogP contribution >= 0.6 is 11.6 Å². The molecule has 0 amide bonds. The molecule has 1 N–H and O–H groups in total. The first-order chi connectivity index (χ1) is 9.02. The van der Waals surface area contributed by atoms with E-state index in [0.29, 0.717) is 0 Å². The molecule has 0 aromatic heterocycles. The molecule has 0 unspecified atom stereocenters. The first-order valence-electron chi connectivity index (χ1n) is 5.65. The molecule has 0 radical (unpaired) electrons. The fraction of sp³-hybridized carbons (Fsp3) is 0.308. The van der Waals surface area contributed by atoms with Crippen LogP contribution in [-0.2, 0) is 4.74 Å². The number of carboxylic acid groups (broad SMARTS) is 1. The highest BCUT2D eigenvalue weighted by atomic mass is 35.5. The SMILES string of the molecule is CCOC(=O)c1c(C(=O)O)cccc1C(=O)CCCl. The Kier molecular flexibility index (Phi) is 5.51. The van der Waals surface area contributed by atoms with E-state index >= 15 is 0 Å². The minimum Gasteiger partial charge on any atom is -0.478 e. The van der Waals surface area contributed by atoms with Crippen molar-refractivity contribution in [2.75, 3.05) is 12.5 Å². The Morgan fingerprint density at radius 1 is 1.26 bits per heavy atom. The summed E-state index contributed by atoms with van der Waals surface area (Å²) in [6.07, 6.45) is 0.0248. The molecule has 0 aliphatic rings. The van der Waals surface area contributed by atoms with Gasteiger partial charge in [-0.05, 0) is 13.0 Å². The number of alkyl halides is 1. The second-order valence-electron chi connectivity index (χ2n) is 3.62. The van der Waals surface area contributed by atoms with Gasteiger partial charge in [-0.2, -0.15) is 0 Å². The van der Waals surface area contributed by atoms with Crippen molar-refractivity contribution in [3.8, 4) is 0 Å². The number of aromatic carboxylic acids is 1. The molecule has 1 rings (SSSR count). The van der Waals surface area contributed by atoms with Gasteiger partial charge in [-0.1, -0.05) is 12.1 Å². The summed E-state index contributed by atoms with van der Waals surface area (Å²) in [5.74, 6) is -2.40. The normalized spacial score (nSPS) is 10.0. The molecule has 0 aliphatic heterocycles. The smallest absolute Gasteiger partial charge is 0.339 e. The fourth-order valence-electron chi connectivity index (χ4n) is 1.61. The Labute approximate surface area is 115 Å². The van der Waals surface area contributed by atoms with Crippen molar-refractivity contribution in [2.45, 2.75) is 13.3 Å². The van der Waals surface area contributed by atoms with Crippen molar-refractivity contribution in [1.29, 1.82) is 0 Å². The number of halogens is 1. The van der Waals surface area contributed by atoms with Gasteiger partial charge in [0.2, 0.25) is 0 Å². The van der Waals surface area contributed by atoms with Gasteiger partial charge in [0.15, 0.2) is 5.78 Å². The topological polar surface area (TPSA) is 80.7 Å². The number of esters is 1. The Balaban J connectivity index is 3.37. The number of hydrogen-bond donors (Lipinski definition) is 1. The van der Waals surface area contributed by atoms with E-state index in [1.54, 1.807) is 6.92 Å². The minimum atomic E-state index is -1.29. The zero-order chi connectivity index (χ0) is 14.4. The molecule has 0 saturated heterocycles. The highest BCUT2D eigenvalue weighted by molar-refractivity contribution is 6.20. The monoisotopic (exact) mass is 284 g/mol. The molecule has 19 heavy (non-hydrogen) atoms.